The highest BCUT2D eigenvalue weighted by atomic mass is 16.6. The van der Waals surface area contributed by atoms with Crippen molar-refractivity contribution in [3.05, 3.63) is 58.6 Å². The maximum Gasteiger partial charge on any atom is 0.333 e. The van der Waals surface area contributed by atoms with Crippen LogP contribution in [0.5, 0.6) is 0 Å². The van der Waals surface area contributed by atoms with Crippen molar-refractivity contribution in [3.63, 3.8) is 0 Å². The van der Waals surface area contributed by atoms with Crippen molar-refractivity contribution in [3.8, 4) is 0 Å². The molecule has 4 aliphatic rings. The van der Waals surface area contributed by atoms with E-state index >= 15 is 0 Å². The second kappa shape index (κ2) is 14.9. The fourth-order valence-electron chi connectivity index (χ4n) is 10.3. The predicted molar refractivity (Wildman–Crippen MR) is 191 cm³/mol. The van der Waals surface area contributed by atoms with Gasteiger partial charge in [-0.25, -0.2) is 9.59 Å². The normalized spacial score (nSPS) is 36.7. The number of hydrogen-bond acceptors (Lipinski definition) is 12. The van der Waals surface area contributed by atoms with Crippen LogP contribution in [0.2, 0.25) is 0 Å². The van der Waals surface area contributed by atoms with E-state index in [2.05, 4.69) is 0 Å². The van der Waals surface area contributed by atoms with Crippen molar-refractivity contribution in [1.82, 2.24) is 0 Å². The molecule has 11 atom stereocenters. The molecule has 2 saturated carbocycles. The number of allylic oxidation sites excluding steroid dienone is 3. The molecule has 0 bridgehead atoms. The minimum atomic E-state index is -1.28. The molecule has 1 aromatic heterocycles. The zero-order valence-electron chi connectivity index (χ0n) is 32.7. The van der Waals surface area contributed by atoms with Crippen molar-refractivity contribution in [1.29, 1.82) is 0 Å². The maximum atomic E-state index is 13.9. The summed E-state index contributed by atoms with van der Waals surface area (Å²) in [5, 5.41) is 0. The van der Waals surface area contributed by atoms with Crippen LogP contribution in [0.3, 0.4) is 0 Å². The maximum absolute atomic E-state index is 13.9. The van der Waals surface area contributed by atoms with Gasteiger partial charge in [0.25, 0.3) is 0 Å². The Balaban J connectivity index is 1.87. The Hall–Kier alpha value is -4.19. The Morgan fingerprint density at radius 3 is 2.04 bits per heavy atom. The third-order valence-corrected chi connectivity index (χ3v) is 13.0. The molecule has 3 fully saturated rings. The predicted octanol–water partition coefficient (Wildman–Crippen LogP) is 6.33. The second-order valence-electron chi connectivity index (χ2n) is 15.8. The van der Waals surface area contributed by atoms with Gasteiger partial charge in [-0.3, -0.25) is 14.4 Å². The summed E-state index contributed by atoms with van der Waals surface area (Å²) in [6.07, 6.45) is 2.59. The van der Waals surface area contributed by atoms with E-state index in [4.69, 9.17) is 32.8 Å². The van der Waals surface area contributed by atoms with Gasteiger partial charge in [-0.2, -0.15) is 0 Å². The molecule has 0 aromatic carbocycles. The topological polar surface area (TPSA) is 154 Å². The van der Waals surface area contributed by atoms with Crippen molar-refractivity contribution >= 4 is 29.8 Å². The monoisotopic (exact) mass is 738 g/mol. The lowest BCUT2D eigenvalue weighted by molar-refractivity contribution is -0.260. The first-order valence-electron chi connectivity index (χ1n) is 18.3. The first kappa shape index (κ1) is 40.0. The van der Waals surface area contributed by atoms with Crippen LogP contribution in [0.15, 0.2) is 57.5 Å². The molecule has 3 aliphatic carbocycles. The smallest absolute Gasteiger partial charge is 0.333 e. The van der Waals surface area contributed by atoms with Gasteiger partial charge in [0.15, 0.2) is 0 Å². The molecule has 2 heterocycles. The fraction of sp³-hybridized carbons (Fsp3) is 0.634. The molecule has 0 unspecified atom stereocenters. The van der Waals surface area contributed by atoms with Crippen molar-refractivity contribution < 1.29 is 56.8 Å². The van der Waals surface area contributed by atoms with Gasteiger partial charge in [0.2, 0.25) is 0 Å². The van der Waals surface area contributed by atoms with Crippen LogP contribution in [0.1, 0.15) is 100.0 Å². The molecular formula is C41H54O12. The Morgan fingerprint density at radius 1 is 0.868 bits per heavy atom. The highest BCUT2D eigenvalue weighted by Crippen LogP contribution is 2.72. The Labute approximate surface area is 311 Å². The van der Waals surface area contributed by atoms with Crippen LogP contribution in [0.25, 0.3) is 0 Å². The number of esters is 5. The highest BCUT2D eigenvalue weighted by Gasteiger charge is 2.77. The number of furan rings is 1. The van der Waals surface area contributed by atoms with Gasteiger partial charge in [-0.15, -0.1) is 0 Å². The Morgan fingerprint density at radius 2 is 1.49 bits per heavy atom. The van der Waals surface area contributed by atoms with Crippen molar-refractivity contribution in [2.75, 3.05) is 13.7 Å². The Bertz CT molecular complexity index is 1720. The zero-order chi connectivity index (χ0) is 39.2. The van der Waals surface area contributed by atoms with E-state index in [-0.39, 0.29) is 25.4 Å². The molecule has 0 N–H and O–H groups in total. The first-order chi connectivity index (χ1) is 24.9. The molecule has 0 spiro atoms. The fourth-order valence-corrected chi connectivity index (χ4v) is 10.3. The van der Waals surface area contributed by atoms with Crippen LogP contribution >= 0.6 is 0 Å². The lowest BCUT2D eigenvalue weighted by atomic mass is 9.39. The quantitative estimate of drug-likeness (QED) is 0.114. The van der Waals surface area contributed by atoms with E-state index in [1.54, 1.807) is 52.4 Å². The van der Waals surface area contributed by atoms with Crippen LogP contribution in [-0.4, -0.2) is 74.1 Å². The molecule has 5 rings (SSSR count). The van der Waals surface area contributed by atoms with Gasteiger partial charge >= 0.3 is 29.8 Å². The van der Waals surface area contributed by atoms with E-state index in [1.165, 1.54) is 21.0 Å². The van der Waals surface area contributed by atoms with E-state index in [0.717, 1.165) is 11.1 Å². The molecule has 12 nitrogen and oxygen atoms in total. The summed E-state index contributed by atoms with van der Waals surface area (Å²) in [6.45, 7) is 17.5. The van der Waals surface area contributed by atoms with Crippen molar-refractivity contribution in [2.45, 2.75) is 125 Å². The summed E-state index contributed by atoms with van der Waals surface area (Å²) in [6, 6.07) is 1.86. The van der Waals surface area contributed by atoms with Crippen LogP contribution in [0.4, 0.5) is 0 Å². The summed E-state index contributed by atoms with van der Waals surface area (Å²) in [5.74, 6) is -4.22. The third-order valence-electron chi connectivity index (χ3n) is 13.0. The van der Waals surface area contributed by atoms with E-state index in [1.807, 2.05) is 33.8 Å². The molecule has 1 aliphatic heterocycles. The average Bonchev–Trinajstić information content (AvgIpc) is 3.84. The molecular weight excluding hydrogens is 684 g/mol. The third kappa shape index (κ3) is 6.65. The first-order valence-corrected chi connectivity index (χ1v) is 18.3. The summed E-state index contributed by atoms with van der Waals surface area (Å²) in [7, 11) is 1.31. The summed E-state index contributed by atoms with van der Waals surface area (Å²) >= 11 is 0. The molecule has 53 heavy (non-hydrogen) atoms. The standard InChI is InChI=1S/C41H54O12/c1-12-21(3)37(45)52-31-18-30(51-25(7)43)39(8)20-49-34-35(39)40(31,9)29(17-32(44)47-11)41(10,36(34)53-38(46)22(4)13-2)33-23(5)27(26-14-15-48-19-26)16-28(33)50-24(6)42/h12-15,19,27-31,34-36H,16-18,20H2,1-11H3/b21-12+,22-13+/t27-,28+,29-,30-,31+,34-,35-,36-,39-,40+,41-/m1/s1. The average molecular weight is 739 g/mol. The number of rotatable bonds is 10. The minimum Gasteiger partial charge on any atom is -0.472 e. The summed E-state index contributed by atoms with van der Waals surface area (Å²) in [4.78, 5) is 66.8. The number of ether oxygens (including phenoxy) is 6. The molecule has 0 amide bonds. The SMILES string of the molecule is C/C=C(\C)C(=O)O[C@@H]1[C@@H]2OC[C@@]3(C)[C@@H]2[C@](C)([C@@H](OC(=O)/C(C)=C/C)C[C@H]3OC(C)=O)[C@@H](CC(=O)OC)[C@]1(C)C1=C(C)[C@H](c2ccoc2)C[C@@H]1OC(C)=O. The van der Waals surface area contributed by atoms with E-state index in [0.29, 0.717) is 23.1 Å². The zero-order valence-corrected chi connectivity index (χ0v) is 32.7. The number of hydrogen-bond donors (Lipinski definition) is 0. The highest BCUT2D eigenvalue weighted by molar-refractivity contribution is 5.88. The number of carbonyl (C=O) groups excluding carboxylic acids is 5. The van der Waals surface area contributed by atoms with Gasteiger partial charge in [0, 0.05) is 65.9 Å². The van der Waals surface area contributed by atoms with Crippen molar-refractivity contribution in [2.24, 2.45) is 28.1 Å². The number of carbonyl (C=O) groups is 5. The van der Waals surface area contributed by atoms with E-state index in [9.17, 15) is 24.0 Å². The molecule has 0 radical (unpaired) electrons. The molecule has 290 valence electrons. The largest absolute Gasteiger partial charge is 0.472 e. The lowest BCUT2D eigenvalue weighted by Gasteiger charge is -2.66. The van der Waals surface area contributed by atoms with Gasteiger partial charge in [-0.1, -0.05) is 38.5 Å². The molecule has 1 aromatic rings. The van der Waals surface area contributed by atoms with Crippen LogP contribution in [0, 0.1) is 28.1 Å². The van der Waals surface area contributed by atoms with Gasteiger partial charge < -0.3 is 32.8 Å². The summed E-state index contributed by atoms with van der Waals surface area (Å²) in [5.41, 5.74) is -0.0318. The summed E-state index contributed by atoms with van der Waals surface area (Å²) < 4.78 is 42.8. The Kier molecular flexibility index (Phi) is 11.3. The van der Waals surface area contributed by atoms with E-state index < -0.39 is 88.4 Å². The van der Waals surface area contributed by atoms with Gasteiger partial charge in [0.05, 0.1) is 32.3 Å². The minimum absolute atomic E-state index is 0.126. The molecule has 1 saturated heterocycles. The number of methoxy groups -OCH3 is 1. The van der Waals surface area contributed by atoms with Gasteiger partial charge in [0.1, 0.15) is 24.4 Å². The lowest BCUT2D eigenvalue weighted by Crippen LogP contribution is -2.72. The molecule has 12 heteroatoms. The van der Waals surface area contributed by atoms with Gasteiger partial charge in [-0.05, 0) is 64.2 Å². The second-order valence-corrected chi connectivity index (χ2v) is 15.8. The van der Waals surface area contributed by atoms with Crippen LogP contribution < -0.4 is 0 Å². The van der Waals surface area contributed by atoms with Crippen LogP contribution in [-0.2, 0) is 52.4 Å².